The van der Waals surface area contributed by atoms with E-state index in [2.05, 4.69) is 9.80 Å². The molecule has 5 nitrogen and oxygen atoms in total. The van der Waals surface area contributed by atoms with Crippen molar-refractivity contribution in [1.82, 2.24) is 14.7 Å². The van der Waals surface area contributed by atoms with E-state index in [1.165, 1.54) is 12.1 Å². The van der Waals surface area contributed by atoms with Crippen LogP contribution in [-0.2, 0) is 4.79 Å². The van der Waals surface area contributed by atoms with Gasteiger partial charge in [-0.15, -0.1) is 0 Å². The van der Waals surface area contributed by atoms with E-state index in [0.29, 0.717) is 13.1 Å². The van der Waals surface area contributed by atoms with Crippen molar-refractivity contribution < 1.29 is 14.3 Å². The van der Waals surface area contributed by atoms with Gasteiger partial charge < -0.3 is 10.0 Å². The highest BCUT2D eigenvalue weighted by Crippen LogP contribution is 2.19. The molecule has 1 aliphatic heterocycles. The van der Waals surface area contributed by atoms with E-state index < -0.39 is 0 Å². The smallest absolute Gasteiger partial charge is 0.236 e. The Morgan fingerprint density at radius 2 is 1.71 bits per heavy atom. The van der Waals surface area contributed by atoms with Gasteiger partial charge in [-0.2, -0.15) is 0 Å². The van der Waals surface area contributed by atoms with Crippen molar-refractivity contribution in [2.24, 2.45) is 0 Å². The zero-order valence-corrected chi connectivity index (χ0v) is 14.8. The first-order valence-corrected chi connectivity index (χ1v) is 8.50. The number of likely N-dealkylation sites (N-methyl/N-ethyl adjacent to an activating group) is 1. The molecular formula is C18H28FN3O2. The van der Waals surface area contributed by atoms with E-state index in [1.54, 1.807) is 31.0 Å². The van der Waals surface area contributed by atoms with Gasteiger partial charge >= 0.3 is 0 Å². The lowest BCUT2D eigenvalue weighted by Gasteiger charge is -2.36. The number of nitrogens with zero attached hydrogens (tertiary/aromatic N) is 3. The SMILES string of the molecule is CC(O)CN1CCN(CC(=O)N(C)C(C)c2ccc(F)cc2)CC1. The van der Waals surface area contributed by atoms with Gasteiger partial charge in [-0.3, -0.25) is 14.6 Å². The first kappa shape index (κ1) is 18.8. The highest BCUT2D eigenvalue weighted by molar-refractivity contribution is 5.78. The maximum atomic E-state index is 13.0. The minimum Gasteiger partial charge on any atom is -0.392 e. The maximum absolute atomic E-state index is 13.0. The molecular weight excluding hydrogens is 309 g/mol. The molecule has 1 aliphatic rings. The van der Waals surface area contributed by atoms with Crippen molar-refractivity contribution >= 4 is 5.91 Å². The summed E-state index contributed by atoms with van der Waals surface area (Å²) in [7, 11) is 1.79. The average Bonchev–Trinajstić information content (AvgIpc) is 2.55. The number of aliphatic hydroxyl groups is 1. The van der Waals surface area contributed by atoms with Crippen molar-refractivity contribution in [3.8, 4) is 0 Å². The quantitative estimate of drug-likeness (QED) is 0.851. The molecule has 1 aromatic carbocycles. The number of β-amino-alcohol motifs (C(OH)–C–C–N with tert-alkyl or cyclic N) is 1. The fourth-order valence-corrected chi connectivity index (χ4v) is 2.99. The summed E-state index contributed by atoms with van der Waals surface area (Å²) in [5, 5.41) is 9.44. The fraction of sp³-hybridized carbons (Fsp3) is 0.611. The summed E-state index contributed by atoms with van der Waals surface area (Å²) in [5.41, 5.74) is 0.925. The molecule has 1 amide bonds. The number of carbonyl (C=O) groups excluding carboxylic acids is 1. The van der Waals surface area contributed by atoms with Gasteiger partial charge in [0.05, 0.1) is 18.7 Å². The van der Waals surface area contributed by atoms with Gasteiger partial charge in [0.15, 0.2) is 0 Å². The van der Waals surface area contributed by atoms with Crippen LogP contribution in [0.4, 0.5) is 4.39 Å². The van der Waals surface area contributed by atoms with E-state index in [4.69, 9.17) is 0 Å². The minimum atomic E-state index is -0.319. The van der Waals surface area contributed by atoms with Crippen molar-refractivity contribution in [3.63, 3.8) is 0 Å². The van der Waals surface area contributed by atoms with Crippen LogP contribution in [0.1, 0.15) is 25.5 Å². The van der Waals surface area contributed by atoms with Gasteiger partial charge in [0.1, 0.15) is 5.82 Å². The summed E-state index contributed by atoms with van der Waals surface area (Å²) in [5.74, 6) is -0.203. The number of carbonyl (C=O) groups is 1. The Morgan fingerprint density at radius 3 is 2.25 bits per heavy atom. The summed E-state index contributed by atoms with van der Waals surface area (Å²) in [6, 6.07) is 6.20. The van der Waals surface area contributed by atoms with Crippen molar-refractivity contribution in [1.29, 1.82) is 0 Å². The topological polar surface area (TPSA) is 47.0 Å². The number of aliphatic hydroxyl groups excluding tert-OH is 1. The Bertz CT molecular complexity index is 528. The summed E-state index contributed by atoms with van der Waals surface area (Å²) in [4.78, 5) is 18.6. The second-order valence-electron chi connectivity index (χ2n) is 6.66. The molecule has 1 fully saturated rings. The average molecular weight is 337 g/mol. The van der Waals surface area contributed by atoms with Crippen LogP contribution in [0.2, 0.25) is 0 Å². The van der Waals surface area contributed by atoms with Gasteiger partial charge in [-0.05, 0) is 31.5 Å². The second-order valence-corrected chi connectivity index (χ2v) is 6.66. The Labute approximate surface area is 143 Å². The second kappa shape index (κ2) is 8.55. The van der Waals surface area contributed by atoms with Crippen LogP contribution in [0.15, 0.2) is 24.3 Å². The molecule has 1 heterocycles. The van der Waals surface area contributed by atoms with Crippen molar-refractivity contribution in [2.75, 3.05) is 46.3 Å². The molecule has 2 unspecified atom stereocenters. The molecule has 0 spiro atoms. The standard InChI is InChI=1S/C18H28FN3O2/c1-14(23)12-21-8-10-22(11-9-21)13-18(24)20(3)15(2)16-4-6-17(19)7-5-16/h4-7,14-15,23H,8-13H2,1-3H3. The van der Waals surface area contributed by atoms with Gasteiger partial charge in [0.25, 0.3) is 0 Å². The van der Waals surface area contributed by atoms with Crippen LogP contribution >= 0.6 is 0 Å². The molecule has 1 N–H and O–H groups in total. The van der Waals surface area contributed by atoms with Gasteiger partial charge in [0.2, 0.25) is 5.91 Å². The number of benzene rings is 1. The van der Waals surface area contributed by atoms with Crippen LogP contribution in [0.5, 0.6) is 0 Å². The number of hydrogen-bond acceptors (Lipinski definition) is 4. The molecule has 0 aliphatic carbocycles. The van der Waals surface area contributed by atoms with E-state index >= 15 is 0 Å². The van der Waals surface area contributed by atoms with Crippen LogP contribution in [-0.4, -0.2) is 78.1 Å². The maximum Gasteiger partial charge on any atom is 0.236 e. The van der Waals surface area contributed by atoms with E-state index in [-0.39, 0.29) is 23.9 Å². The summed E-state index contributed by atoms with van der Waals surface area (Å²) in [6.45, 7) is 8.22. The van der Waals surface area contributed by atoms with Crippen molar-refractivity contribution in [3.05, 3.63) is 35.6 Å². The molecule has 0 bridgehead atoms. The summed E-state index contributed by atoms with van der Waals surface area (Å²) < 4.78 is 13.0. The third kappa shape index (κ3) is 5.26. The molecule has 0 aromatic heterocycles. The fourth-order valence-electron chi connectivity index (χ4n) is 2.99. The largest absolute Gasteiger partial charge is 0.392 e. The van der Waals surface area contributed by atoms with Crippen molar-refractivity contribution in [2.45, 2.75) is 26.0 Å². The van der Waals surface area contributed by atoms with Crippen LogP contribution in [0.25, 0.3) is 0 Å². The molecule has 1 aromatic rings. The van der Waals surface area contributed by atoms with Crippen LogP contribution in [0.3, 0.4) is 0 Å². The number of rotatable bonds is 6. The Morgan fingerprint density at radius 1 is 1.17 bits per heavy atom. The lowest BCUT2D eigenvalue weighted by atomic mass is 10.1. The zero-order valence-electron chi connectivity index (χ0n) is 14.8. The van der Waals surface area contributed by atoms with E-state index in [0.717, 1.165) is 31.7 Å². The first-order chi connectivity index (χ1) is 11.4. The third-order valence-corrected chi connectivity index (χ3v) is 4.67. The normalized spacial score (nSPS) is 19.0. The molecule has 0 radical (unpaired) electrons. The highest BCUT2D eigenvalue weighted by Gasteiger charge is 2.23. The first-order valence-electron chi connectivity index (χ1n) is 8.50. The third-order valence-electron chi connectivity index (χ3n) is 4.67. The lowest BCUT2D eigenvalue weighted by Crippen LogP contribution is -2.51. The highest BCUT2D eigenvalue weighted by atomic mass is 19.1. The number of piperazine rings is 1. The molecule has 2 rings (SSSR count). The lowest BCUT2D eigenvalue weighted by molar-refractivity contribution is -0.133. The Balaban J connectivity index is 1.82. The Kier molecular flexibility index (Phi) is 6.71. The predicted molar refractivity (Wildman–Crippen MR) is 92.1 cm³/mol. The van der Waals surface area contributed by atoms with Gasteiger partial charge in [-0.25, -0.2) is 4.39 Å². The van der Waals surface area contributed by atoms with Gasteiger partial charge in [-0.1, -0.05) is 12.1 Å². The monoisotopic (exact) mass is 337 g/mol. The predicted octanol–water partition coefficient (Wildman–Crippen LogP) is 1.34. The number of amides is 1. The molecule has 1 saturated heterocycles. The van der Waals surface area contributed by atoms with Crippen LogP contribution in [0, 0.1) is 5.82 Å². The molecule has 2 atom stereocenters. The van der Waals surface area contributed by atoms with E-state index in [9.17, 15) is 14.3 Å². The summed E-state index contributed by atoms with van der Waals surface area (Å²) >= 11 is 0. The molecule has 6 heteroatoms. The zero-order chi connectivity index (χ0) is 17.7. The Hall–Kier alpha value is -1.50. The summed E-state index contributed by atoms with van der Waals surface area (Å²) in [6.07, 6.45) is -0.319. The minimum absolute atomic E-state index is 0.0656. The number of hydrogen-bond donors (Lipinski definition) is 1. The van der Waals surface area contributed by atoms with E-state index in [1.807, 2.05) is 6.92 Å². The van der Waals surface area contributed by atoms with Gasteiger partial charge in [0, 0.05) is 39.8 Å². The molecule has 134 valence electrons. The molecule has 24 heavy (non-hydrogen) atoms. The van der Waals surface area contributed by atoms with Crippen LogP contribution < -0.4 is 0 Å². The molecule has 0 saturated carbocycles. The number of halogens is 1.